The summed E-state index contributed by atoms with van der Waals surface area (Å²) in [6, 6.07) is 7.58. The first-order valence-electron chi connectivity index (χ1n) is 12.4. The summed E-state index contributed by atoms with van der Waals surface area (Å²) < 4.78 is 1.21. The number of aromatic nitrogens is 2. The van der Waals surface area contributed by atoms with Gasteiger partial charge in [0, 0.05) is 55.2 Å². The van der Waals surface area contributed by atoms with Gasteiger partial charge in [-0.15, -0.1) is 0 Å². The molecule has 0 saturated carbocycles. The molecule has 0 unspecified atom stereocenters. The lowest BCUT2D eigenvalue weighted by atomic mass is 9.84. The Bertz CT molecular complexity index is 1010. The molecule has 184 valence electrons. The summed E-state index contributed by atoms with van der Waals surface area (Å²) in [7, 11) is 0. The zero-order valence-electron chi connectivity index (χ0n) is 19.6. The Kier molecular flexibility index (Phi) is 6.84. The van der Waals surface area contributed by atoms with Gasteiger partial charge in [-0.2, -0.15) is 9.78 Å². The second-order valence-electron chi connectivity index (χ2n) is 9.90. The highest BCUT2D eigenvalue weighted by molar-refractivity contribution is 6.30. The molecule has 3 fully saturated rings. The number of carbonyl (C=O) groups is 1. The predicted octanol–water partition coefficient (Wildman–Crippen LogP) is 3.61. The second-order valence-corrected chi connectivity index (χ2v) is 10.3. The largest absolute Gasteiger partial charge is 0.371 e. The summed E-state index contributed by atoms with van der Waals surface area (Å²) >= 11 is 6.40. The minimum atomic E-state index is -1.67. The molecule has 0 bridgehead atoms. The SMILES string of the molecule is O=C(N1CCC2(CCCN2Cc2ccc(Cl)cc2N2CCCCC2)CC1)n1ccc(C(O)O)n1. The smallest absolute Gasteiger partial charge is 0.344 e. The number of carbonyl (C=O) groups excluding carboxylic acids is 1. The Morgan fingerprint density at radius 1 is 1.00 bits per heavy atom. The van der Waals surface area contributed by atoms with Gasteiger partial charge < -0.3 is 20.0 Å². The molecule has 5 rings (SSSR count). The van der Waals surface area contributed by atoms with E-state index in [2.05, 4.69) is 27.0 Å². The molecular formula is C25H34ClN5O3. The monoisotopic (exact) mass is 487 g/mol. The molecule has 0 radical (unpaired) electrons. The first kappa shape index (κ1) is 23.6. The van der Waals surface area contributed by atoms with Crippen molar-refractivity contribution in [3.63, 3.8) is 0 Å². The van der Waals surface area contributed by atoms with E-state index in [1.54, 1.807) is 0 Å². The second kappa shape index (κ2) is 9.85. The van der Waals surface area contributed by atoms with Crippen LogP contribution in [0.4, 0.5) is 10.5 Å². The van der Waals surface area contributed by atoms with Gasteiger partial charge in [-0.25, -0.2) is 4.79 Å². The van der Waals surface area contributed by atoms with Crippen molar-refractivity contribution >= 4 is 23.3 Å². The third-order valence-electron chi connectivity index (χ3n) is 7.88. The summed E-state index contributed by atoms with van der Waals surface area (Å²) in [4.78, 5) is 19.9. The van der Waals surface area contributed by atoms with E-state index in [1.807, 2.05) is 11.0 Å². The molecule has 1 aromatic heterocycles. The number of piperidine rings is 2. The van der Waals surface area contributed by atoms with Crippen LogP contribution in [0, 0.1) is 0 Å². The first-order chi connectivity index (χ1) is 16.4. The number of aliphatic hydroxyl groups is 2. The van der Waals surface area contributed by atoms with Gasteiger partial charge in [-0.3, -0.25) is 4.90 Å². The average Bonchev–Trinajstić information content (AvgIpc) is 3.49. The van der Waals surface area contributed by atoms with Crippen LogP contribution in [0.3, 0.4) is 0 Å². The maximum atomic E-state index is 12.9. The molecule has 2 N–H and O–H groups in total. The molecular weight excluding hydrogens is 454 g/mol. The van der Waals surface area contributed by atoms with Crippen molar-refractivity contribution in [1.29, 1.82) is 0 Å². The van der Waals surface area contributed by atoms with Gasteiger partial charge in [0.25, 0.3) is 0 Å². The van der Waals surface area contributed by atoms with E-state index in [0.717, 1.165) is 50.5 Å². The van der Waals surface area contributed by atoms with Gasteiger partial charge in [-0.05, 0) is 75.3 Å². The van der Waals surface area contributed by atoms with Gasteiger partial charge in [-0.1, -0.05) is 17.7 Å². The average molecular weight is 488 g/mol. The summed E-state index contributed by atoms with van der Waals surface area (Å²) in [5, 5.41) is 23.4. The lowest BCUT2D eigenvalue weighted by molar-refractivity contribution is -0.0460. The van der Waals surface area contributed by atoms with Crippen LogP contribution in [-0.2, 0) is 6.54 Å². The van der Waals surface area contributed by atoms with Crippen LogP contribution in [0.5, 0.6) is 0 Å². The molecule has 2 aromatic rings. The summed E-state index contributed by atoms with van der Waals surface area (Å²) in [5.74, 6) is 0. The fourth-order valence-corrected chi connectivity index (χ4v) is 6.12. The van der Waals surface area contributed by atoms with Crippen molar-refractivity contribution in [1.82, 2.24) is 19.6 Å². The quantitative estimate of drug-likeness (QED) is 0.641. The van der Waals surface area contributed by atoms with Crippen molar-refractivity contribution in [2.45, 2.75) is 63.3 Å². The van der Waals surface area contributed by atoms with E-state index < -0.39 is 6.29 Å². The van der Waals surface area contributed by atoms with E-state index >= 15 is 0 Å². The van der Waals surface area contributed by atoms with Crippen LogP contribution in [0.2, 0.25) is 5.02 Å². The van der Waals surface area contributed by atoms with E-state index in [0.29, 0.717) is 13.1 Å². The molecule has 1 amide bonds. The van der Waals surface area contributed by atoms with Crippen molar-refractivity contribution < 1.29 is 15.0 Å². The number of benzene rings is 1. The standard InChI is InChI=1S/C25H34ClN5O3/c26-20-6-5-19(22(17-20)28-11-2-1-3-12-28)18-30-13-4-8-25(30)9-15-29(16-10-25)24(34)31-14-7-21(27-31)23(32)33/h5-7,14,17,23,32-33H,1-4,8-13,15-16,18H2. The third kappa shape index (κ3) is 4.69. The lowest BCUT2D eigenvalue weighted by Crippen LogP contribution is -2.53. The van der Waals surface area contributed by atoms with E-state index in [9.17, 15) is 15.0 Å². The van der Waals surface area contributed by atoms with Crippen LogP contribution in [0.25, 0.3) is 0 Å². The highest BCUT2D eigenvalue weighted by Crippen LogP contribution is 2.41. The number of likely N-dealkylation sites (tertiary alicyclic amines) is 2. The topological polar surface area (TPSA) is 85.1 Å². The van der Waals surface area contributed by atoms with Crippen molar-refractivity contribution in [3.05, 3.63) is 46.7 Å². The van der Waals surface area contributed by atoms with Crippen LogP contribution in [-0.4, -0.2) is 74.1 Å². The molecule has 1 aromatic carbocycles. The molecule has 34 heavy (non-hydrogen) atoms. The normalized spacial score (nSPS) is 21.1. The molecule has 3 aliphatic rings. The fourth-order valence-electron chi connectivity index (χ4n) is 5.95. The van der Waals surface area contributed by atoms with Crippen LogP contribution < -0.4 is 4.90 Å². The van der Waals surface area contributed by atoms with Crippen LogP contribution >= 0.6 is 11.6 Å². The summed E-state index contributed by atoms with van der Waals surface area (Å²) in [6.07, 6.45) is 7.79. The number of halogens is 1. The Balaban J connectivity index is 1.27. The molecule has 3 saturated heterocycles. The molecule has 4 heterocycles. The minimum absolute atomic E-state index is 0.0799. The van der Waals surface area contributed by atoms with Crippen LogP contribution in [0.15, 0.2) is 30.5 Å². The number of aliphatic hydroxyl groups excluding tert-OH is 1. The van der Waals surface area contributed by atoms with E-state index in [1.165, 1.54) is 53.9 Å². The predicted molar refractivity (Wildman–Crippen MR) is 131 cm³/mol. The highest BCUT2D eigenvalue weighted by atomic mass is 35.5. The molecule has 1 spiro atoms. The number of hydrogen-bond donors (Lipinski definition) is 2. The van der Waals surface area contributed by atoms with Crippen molar-refractivity contribution in [3.8, 4) is 0 Å². The van der Waals surface area contributed by atoms with Gasteiger partial charge in [0.1, 0.15) is 5.69 Å². The fraction of sp³-hybridized carbons (Fsp3) is 0.600. The Hall–Kier alpha value is -2.13. The summed E-state index contributed by atoms with van der Waals surface area (Å²) in [5.41, 5.74) is 2.82. The van der Waals surface area contributed by atoms with E-state index in [-0.39, 0.29) is 17.3 Å². The molecule has 9 heteroatoms. The van der Waals surface area contributed by atoms with Crippen LogP contribution in [0.1, 0.15) is 62.5 Å². The lowest BCUT2D eigenvalue weighted by Gasteiger charge is -2.45. The molecule has 3 aliphatic heterocycles. The zero-order valence-corrected chi connectivity index (χ0v) is 20.3. The van der Waals surface area contributed by atoms with Crippen molar-refractivity contribution in [2.24, 2.45) is 0 Å². The molecule has 0 aliphatic carbocycles. The number of hydrogen-bond acceptors (Lipinski definition) is 6. The Labute approximate surface area is 205 Å². The minimum Gasteiger partial charge on any atom is -0.371 e. The maximum Gasteiger partial charge on any atom is 0.344 e. The van der Waals surface area contributed by atoms with Gasteiger partial charge in [0.2, 0.25) is 0 Å². The number of nitrogens with zero attached hydrogens (tertiary/aromatic N) is 5. The molecule has 8 nitrogen and oxygen atoms in total. The Morgan fingerprint density at radius 2 is 1.76 bits per heavy atom. The number of anilines is 1. The summed E-state index contributed by atoms with van der Waals surface area (Å²) in [6.45, 7) is 5.52. The number of rotatable bonds is 4. The Morgan fingerprint density at radius 3 is 2.47 bits per heavy atom. The maximum absolute atomic E-state index is 12.9. The number of amides is 1. The van der Waals surface area contributed by atoms with Crippen molar-refractivity contribution in [2.75, 3.05) is 37.6 Å². The zero-order chi connectivity index (χ0) is 23.7. The first-order valence-corrected chi connectivity index (χ1v) is 12.8. The third-order valence-corrected chi connectivity index (χ3v) is 8.12. The highest BCUT2D eigenvalue weighted by Gasteiger charge is 2.44. The molecule has 0 atom stereocenters. The van der Waals surface area contributed by atoms with Gasteiger partial charge in [0.15, 0.2) is 6.29 Å². The van der Waals surface area contributed by atoms with Gasteiger partial charge >= 0.3 is 6.03 Å². The van der Waals surface area contributed by atoms with Gasteiger partial charge in [0.05, 0.1) is 0 Å². The van der Waals surface area contributed by atoms with E-state index in [4.69, 9.17) is 11.6 Å².